The molecule has 1 aromatic carbocycles. The third-order valence-corrected chi connectivity index (χ3v) is 1.89. The molecule has 0 radical (unpaired) electrons. The highest BCUT2D eigenvalue weighted by Gasteiger charge is 1.97. The van der Waals surface area contributed by atoms with E-state index in [0.29, 0.717) is 6.54 Å². The molecule has 1 aromatic rings. The summed E-state index contributed by atoms with van der Waals surface area (Å²) in [5, 5.41) is 2.80. The number of hydrogen-bond donors (Lipinski definition) is 1. The van der Waals surface area contributed by atoms with Gasteiger partial charge in [0.1, 0.15) is 0 Å². The fourth-order valence-electron chi connectivity index (χ4n) is 0.887. The lowest BCUT2D eigenvalue weighted by Crippen LogP contribution is -2.14. The van der Waals surface area contributed by atoms with Crippen LogP contribution < -0.4 is 10.2 Å². The van der Waals surface area contributed by atoms with E-state index in [1.807, 2.05) is 30.3 Å². The fraction of sp³-hybridized carbons (Fsp3) is 0.250. The van der Waals surface area contributed by atoms with Gasteiger partial charge in [-0.3, -0.25) is 5.32 Å². The lowest BCUT2D eigenvalue weighted by molar-refractivity contribution is -0.164. The Morgan fingerprint density at radius 2 is 2.00 bits per heavy atom. The maximum absolute atomic E-state index is 10.2. The van der Waals surface area contributed by atoms with Gasteiger partial charge < -0.3 is 4.89 Å². The van der Waals surface area contributed by atoms with Gasteiger partial charge in [0, 0.05) is 6.54 Å². The molecule has 4 heteroatoms. The van der Waals surface area contributed by atoms with Crippen molar-refractivity contribution in [3.63, 3.8) is 0 Å². The van der Waals surface area contributed by atoms with Crippen LogP contribution >= 0.6 is 8.03 Å². The first-order chi connectivity index (χ1) is 5.79. The van der Waals surface area contributed by atoms with E-state index in [1.165, 1.54) is 0 Å². The normalized spacial score (nSPS) is 11.2. The maximum Gasteiger partial charge on any atom is 0.324 e. The van der Waals surface area contributed by atoms with E-state index < -0.39 is 8.03 Å². The highest BCUT2D eigenvalue weighted by molar-refractivity contribution is 7.36. The van der Waals surface area contributed by atoms with Gasteiger partial charge in [0.2, 0.25) is 0 Å². The molecule has 0 spiro atoms. The topological polar surface area (TPSA) is 52.2 Å². The Morgan fingerprint density at radius 3 is 2.58 bits per heavy atom. The standard InChI is InChI=1S/C8H10NO2P/c10-12(11)7-9-6-8-4-2-1-3-5-8/h1-5,9H,6-7H2. The van der Waals surface area contributed by atoms with Crippen molar-refractivity contribution < 1.29 is 9.46 Å². The molecule has 0 aromatic heterocycles. The molecule has 0 amide bonds. The number of nitrogens with one attached hydrogen (secondary N) is 1. The van der Waals surface area contributed by atoms with Crippen molar-refractivity contribution in [2.75, 3.05) is 6.29 Å². The molecule has 12 heavy (non-hydrogen) atoms. The smallest absolute Gasteiger partial charge is 0.324 e. The summed E-state index contributed by atoms with van der Waals surface area (Å²) < 4.78 is 10.2. The van der Waals surface area contributed by atoms with Crippen molar-refractivity contribution in [1.29, 1.82) is 0 Å². The first-order valence-corrected chi connectivity index (χ1v) is 5.02. The van der Waals surface area contributed by atoms with Gasteiger partial charge in [-0.2, -0.15) is 0 Å². The zero-order chi connectivity index (χ0) is 8.81. The SMILES string of the molecule is O=[P+]([O-])CNCc1ccccc1. The van der Waals surface area contributed by atoms with Gasteiger partial charge in [0.25, 0.3) is 0 Å². The quantitative estimate of drug-likeness (QED) is 0.703. The molecule has 0 heterocycles. The Kier molecular flexibility index (Phi) is 3.88. The van der Waals surface area contributed by atoms with Gasteiger partial charge >= 0.3 is 8.03 Å². The molecule has 1 unspecified atom stereocenters. The van der Waals surface area contributed by atoms with E-state index >= 15 is 0 Å². The Labute approximate surface area is 72.3 Å². The lowest BCUT2D eigenvalue weighted by Gasteiger charge is -1.98. The second-order valence-corrected chi connectivity index (χ2v) is 3.38. The summed E-state index contributed by atoms with van der Waals surface area (Å²) in [5.41, 5.74) is 1.09. The zero-order valence-corrected chi connectivity index (χ0v) is 7.46. The number of hydrogen-bond acceptors (Lipinski definition) is 3. The molecule has 0 aliphatic rings. The predicted octanol–water partition coefficient (Wildman–Crippen LogP) is 0.836. The Bertz CT molecular complexity index is 250. The monoisotopic (exact) mass is 183 g/mol. The highest BCUT2D eigenvalue weighted by atomic mass is 31.1. The first kappa shape index (κ1) is 9.33. The van der Waals surface area contributed by atoms with Crippen molar-refractivity contribution in [2.45, 2.75) is 6.54 Å². The third kappa shape index (κ3) is 3.58. The second kappa shape index (κ2) is 4.99. The molecule has 0 saturated carbocycles. The van der Waals surface area contributed by atoms with Crippen LogP contribution in [-0.4, -0.2) is 6.29 Å². The molecule has 0 bridgehead atoms. The van der Waals surface area contributed by atoms with Crippen molar-refractivity contribution in [3.05, 3.63) is 35.9 Å². The summed E-state index contributed by atoms with van der Waals surface area (Å²) >= 11 is 0. The maximum atomic E-state index is 10.2. The van der Waals surface area contributed by atoms with E-state index in [2.05, 4.69) is 5.32 Å². The molecule has 0 saturated heterocycles. The summed E-state index contributed by atoms with van der Waals surface area (Å²) in [5.74, 6) is 0. The van der Waals surface area contributed by atoms with Crippen LogP contribution in [0.5, 0.6) is 0 Å². The van der Waals surface area contributed by atoms with Crippen LogP contribution in [0, 0.1) is 0 Å². The fourth-order valence-corrected chi connectivity index (χ4v) is 1.18. The lowest BCUT2D eigenvalue weighted by atomic mass is 10.2. The van der Waals surface area contributed by atoms with Gasteiger partial charge in [-0.05, 0) is 5.56 Å². The van der Waals surface area contributed by atoms with Crippen molar-refractivity contribution in [1.82, 2.24) is 5.32 Å². The Balaban J connectivity index is 2.29. The predicted molar refractivity (Wildman–Crippen MR) is 45.8 cm³/mol. The molecule has 1 N–H and O–H groups in total. The van der Waals surface area contributed by atoms with Gasteiger partial charge in [0.15, 0.2) is 6.29 Å². The van der Waals surface area contributed by atoms with Crippen LogP contribution in [0.2, 0.25) is 0 Å². The van der Waals surface area contributed by atoms with Crippen LogP contribution in [0.1, 0.15) is 5.56 Å². The molecule has 1 atom stereocenters. The van der Waals surface area contributed by atoms with Gasteiger partial charge in [-0.25, -0.2) is 0 Å². The molecule has 0 fully saturated rings. The van der Waals surface area contributed by atoms with Crippen LogP contribution in [0.3, 0.4) is 0 Å². The Hall–Kier alpha value is -0.760. The third-order valence-electron chi connectivity index (χ3n) is 1.41. The van der Waals surface area contributed by atoms with Crippen molar-refractivity contribution in [3.8, 4) is 0 Å². The van der Waals surface area contributed by atoms with Gasteiger partial charge in [0.05, 0.1) is 0 Å². The number of rotatable bonds is 4. The van der Waals surface area contributed by atoms with Crippen LogP contribution in [0.4, 0.5) is 0 Å². The average Bonchev–Trinajstić information content (AvgIpc) is 2.05. The van der Waals surface area contributed by atoms with Gasteiger partial charge in [-0.1, -0.05) is 34.9 Å². The molecule has 0 aliphatic carbocycles. The van der Waals surface area contributed by atoms with E-state index in [-0.39, 0.29) is 6.29 Å². The van der Waals surface area contributed by atoms with Crippen LogP contribution in [-0.2, 0) is 11.1 Å². The Morgan fingerprint density at radius 1 is 1.33 bits per heavy atom. The van der Waals surface area contributed by atoms with E-state index in [9.17, 15) is 9.46 Å². The molecular weight excluding hydrogens is 173 g/mol. The second-order valence-electron chi connectivity index (χ2n) is 2.40. The van der Waals surface area contributed by atoms with Gasteiger partial charge in [-0.15, -0.1) is 0 Å². The van der Waals surface area contributed by atoms with E-state index in [0.717, 1.165) is 5.56 Å². The minimum atomic E-state index is -2.31. The molecule has 3 nitrogen and oxygen atoms in total. The molecular formula is C8H10NO2P. The van der Waals surface area contributed by atoms with Crippen molar-refractivity contribution >= 4 is 8.03 Å². The minimum absolute atomic E-state index is 0.0459. The molecule has 64 valence electrons. The summed E-state index contributed by atoms with van der Waals surface area (Å²) in [7, 11) is -2.31. The highest BCUT2D eigenvalue weighted by Crippen LogP contribution is 2.03. The first-order valence-electron chi connectivity index (χ1n) is 3.65. The summed E-state index contributed by atoms with van der Waals surface area (Å²) in [4.78, 5) is 10.2. The summed E-state index contributed by atoms with van der Waals surface area (Å²) in [6.07, 6.45) is 0.0459. The minimum Gasteiger partial charge on any atom is -0.594 e. The molecule has 1 rings (SSSR count). The van der Waals surface area contributed by atoms with Crippen LogP contribution in [0.25, 0.3) is 0 Å². The van der Waals surface area contributed by atoms with E-state index in [4.69, 9.17) is 0 Å². The van der Waals surface area contributed by atoms with Crippen LogP contribution in [0.15, 0.2) is 30.3 Å². The number of benzene rings is 1. The van der Waals surface area contributed by atoms with E-state index in [1.54, 1.807) is 0 Å². The molecule has 0 aliphatic heterocycles. The zero-order valence-electron chi connectivity index (χ0n) is 6.56. The average molecular weight is 183 g/mol. The van der Waals surface area contributed by atoms with Crippen molar-refractivity contribution in [2.24, 2.45) is 0 Å². The summed E-state index contributed by atoms with van der Waals surface area (Å²) in [6, 6.07) is 9.68. The summed E-state index contributed by atoms with van der Waals surface area (Å²) in [6.45, 7) is 0.601. The largest absolute Gasteiger partial charge is 0.594 e.